The molecule has 0 saturated carbocycles. The predicted octanol–water partition coefficient (Wildman–Crippen LogP) is 4.99. The zero-order chi connectivity index (χ0) is 27.0. The topological polar surface area (TPSA) is 71.6 Å². The molecule has 0 fully saturated rings. The molecule has 1 unspecified atom stereocenters. The molecule has 35 heavy (non-hydrogen) atoms. The summed E-state index contributed by atoms with van der Waals surface area (Å²) in [7, 11) is 2.48. The van der Waals surface area contributed by atoms with Gasteiger partial charge in [-0.1, -0.05) is 94.6 Å². The van der Waals surface area contributed by atoms with E-state index in [1.54, 1.807) is 0 Å². The van der Waals surface area contributed by atoms with Crippen molar-refractivity contribution >= 4 is 35.6 Å². The molecule has 0 aliphatic heterocycles. The van der Waals surface area contributed by atoms with Crippen LogP contribution >= 0.6 is 21.6 Å². The van der Waals surface area contributed by atoms with Crippen molar-refractivity contribution in [3.05, 3.63) is 0 Å². The van der Waals surface area contributed by atoms with E-state index in [1.807, 2.05) is 35.4 Å². The summed E-state index contributed by atoms with van der Waals surface area (Å²) in [5.41, 5.74) is 0. The van der Waals surface area contributed by atoms with Crippen molar-refractivity contribution in [2.45, 2.75) is 90.5 Å². The summed E-state index contributed by atoms with van der Waals surface area (Å²) in [5, 5.41) is 10.3. The van der Waals surface area contributed by atoms with Gasteiger partial charge in [-0.25, -0.2) is 0 Å². The van der Waals surface area contributed by atoms with E-state index >= 15 is 0 Å². The summed E-state index contributed by atoms with van der Waals surface area (Å²) >= 11 is 0. The average molecular weight is 548 g/mol. The molecular formula is C26H53N3O3S2Si. The third kappa shape index (κ3) is 15.6. The van der Waals surface area contributed by atoms with Crippen LogP contribution in [0.4, 0.5) is 0 Å². The third-order valence-electron chi connectivity index (χ3n) is 6.35. The second-order valence-corrected chi connectivity index (χ2v) is 19.7. The molecule has 3 N–H and O–H groups in total. The summed E-state index contributed by atoms with van der Waals surface area (Å²) in [4.78, 5) is 11.7. The first kappa shape index (κ1) is 34.8. The average Bonchev–Trinajstić information content (AvgIpc) is 2.74. The number of ether oxygens (including phenoxy) is 2. The highest BCUT2D eigenvalue weighted by atomic mass is 33.1. The maximum atomic E-state index is 11.7. The molecule has 0 aliphatic carbocycles. The summed E-state index contributed by atoms with van der Waals surface area (Å²) in [6, 6.07) is 0.524. The first-order chi connectivity index (χ1) is 16.2. The minimum atomic E-state index is -1.44. The van der Waals surface area contributed by atoms with E-state index < -0.39 is 8.07 Å². The van der Waals surface area contributed by atoms with Crippen LogP contribution in [0.2, 0.25) is 24.7 Å². The predicted molar refractivity (Wildman–Crippen MR) is 159 cm³/mol. The van der Waals surface area contributed by atoms with Crippen LogP contribution < -0.4 is 16.0 Å². The van der Waals surface area contributed by atoms with Gasteiger partial charge in [-0.3, -0.25) is 10.1 Å². The summed E-state index contributed by atoms with van der Waals surface area (Å²) in [6.45, 7) is 27.2. The Kier molecular flexibility index (Phi) is 18.0. The van der Waals surface area contributed by atoms with Crippen LogP contribution in [-0.2, 0) is 14.3 Å². The molecule has 206 valence electrons. The van der Waals surface area contributed by atoms with Crippen LogP contribution in [0, 0.1) is 17.8 Å². The van der Waals surface area contributed by atoms with Crippen molar-refractivity contribution in [2.24, 2.45) is 5.92 Å². The molecule has 0 aliphatic rings. The smallest absolute Gasteiger partial charge is 0.223 e. The molecule has 0 rings (SSSR count). The summed E-state index contributed by atoms with van der Waals surface area (Å²) in [5.74, 6) is 7.33. The molecule has 0 saturated heterocycles. The van der Waals surface area contributed by atoms with Crippen molar-refractivity contribution in [2.75, 3.05) is 51.8 Å². The van der Waals surface area contributed by atoms with Gasteiger partial charge in [-0.05, 0) is 12.0 Å². The lowest BCUT2D eigenvalue weighted by Crippen LogP contribution is -2.57. The van der Waals surface area contributed by atoms with Gasteiger partial charge in [0.2, 0.25) is 5.91 Å². The minimum absolute atomic E-state index is 0.0344. The van der Waals surface area contributed by atoms with E-state index in [0.717, 1.165) is 18.8 Å². The van der Waals surface area contributed by atoms with Gasteiger partial charge in [0.1, 0.15) is 0 Å². The van der Waals surface area contributed by atoms with E-state index in [2.05, 4.69) is 82.1 Å². The highest BCUT2D eigenvalue weighted by Crippen LogP contribution is 2.55. The maximum absolute atomic E-state index is 11.7. The van der Waals surface area contributed by atoms with Crippen molar-refractivity contribution in [1.82, 2.24) is 16.0 Å². The Labute approximate surface area is 225 Å². The number of amides is 1. The van der Waals surface area contributed by atoms with Crippen LogP contribution in [0.1, 0.15) is 54.9 Å². The van der Waals surface area contributed by atoms with Crippen LogP contribution in [0.15, 0.2) is 0 Å². The van der Waals surface area contributed by atoms with Crippen LogP contribution in [0.3, 0.4) is 0 Å². The fourth-order valence-electron chi connectivity index (χ4n) is 2.95. The largest absolute Gasteiger partial charge is 0.379 e. The quantitative estimate of drug-likeness (QED) is 0.0692. The highest BCUT2D eigenvalue weighted by Gasteiger charge is 2.49. The Morgan fingerprint density at radius 3 is 2.17 bits per heavy atom. The Morgan fingerprint density at radius 1 is 0.971 bits per heavy atom. The van der Waals surface area contributed by atoms with Gasteiger partial charge in [0, 0.05) is 37.2 Å². The zero-order valence-electron chi connectivity index (χ0n) is 24.1. The molecule has 1 atom stereocenters. The minimum Gasteiger partial charge on any atom is -0.379 e. The molecule has 1 amide bonds. The fraction of sp³-hybridized carbons (Fsp3) is 0.885. The van der Waals surface area contributed by atoms with E-state index in [-0.39, 0.29) is 15.8 Å². The van der Waals surface area contributed by atoms with E-state index in [0.29, 0.717) is 51.4 Å². The normalized spacial score (nSPS) is 14.1. The Morgan fingerprint density at radius 2 is 1.60 bits per heavy atom. The molecule has 0 aromatic carbocycles. The van der Waals surface area contributed by atoms with Crippen molar-refractivity contribution in [3.8, 4) is 11.8 Å². The van der Waals surface area contributed by atoms with Crippen LogP contribution in [0.25, 0.3) is 0 Å². The Hall–Kier alpha value is -0.213. The SMILES string of the molecule is CC(C)C#CCNC(=O)CCOCCOCCNC(C)(SSCCNC(C)C)C(C)(C)[Si](C)(C)C. The Balaban J connectivity index is 4.25. The van der Waals surface area contributed by atoms with Gasteiger partial charge in [0.25, 0.3) is 0 Å². The zero-order valence-corrected chi connectivity index (χ0v) is 26.7. The molecule has 9 heteroatoms. The second-order valence-electron chi connectivity index (χ2n) is 11.1. The van der Waals surface area contributed by atoms with E-state index in [9.17, 15) is 4.79 Å². The monoisotopic (exact) mass is 547 g/mol. The molecular weight excluding hydrogens is 495 g/mol. The van der Waals surface area contributed by atoms with Crippen molar-refractivity contribution < 1.29 is 14.3 Å². The molecule has 6 nitrogen and oxygen atoms in total. The van der Waals surface area contributed by atoms with Gasteiger partial charge in [0.05, 0.1) is 45.9 Å². The van der Waals surface area contributed by atoms with Gasteiger partial charge < -0.3 is 20.1 Å². The lowest BCUT2D eigenvalue weighted by molar-refractivity contribution is -0.122. The molecule has 0 bridgehead atoms. The molecule has 0 heterocycles. The number of nitrogens with one attached hydrogen (secondary N) is 3. The van der Waals surface area contributed by atoms with E-state index in [4.69, 9.17) is 9.47 Å². The summed E-state index contributed by atoms with van der Waals surface area (Å²) < 4.78 is 11.3. The number of carbonyl (C=O) groups excluding carboxylic acids is 1. The first-order valence-electron chi connectivity index (χ1n) is 12.9. The van der Waals surface area contributed by atoms with Crippen molar-refractivity contribution in [3.63, 3.8) is 0 Å². The maximum Gasteiger partial charge on any atom is 0.223 e. The lowest BCUT2D eigenvalue weighted by atomic mass is 10.0. The van der Waals surface area contributed by atoms with Gasteiger partial charge in [-0.15, -0.1) is 0 Å². The number of rotatable bonds is 19. The van der Waals surface area contributed by atoms with Crippen molar-refractivity contribution in [1.29, 1.82) is 0 Å². The first-order valence-corrected chi connectivity index (χ1v) is 18.7. The van der Waals surface area contributed by atoms with Crippen LogP contribution in [0.5, 0.6) is 0 Å². The standard InChI is InChI=1S/C26H53N3O3S2Si/c1-22(2)12-11-14-28-24(30)13-17-31-19-20-32-18-15-29-26(7,25(5,6)35(8,9)10)34-33-21-16-27-23(3)4/h22-23,27,29H,13-21H2,1-10H3,(H,28,30). The molecule has 0 spiro atoms. The third-order valence-corrected chi connectivity index (χ3v) is 14.1. The fourth-order valence-corrected chi connectivity index (χ4v) is 8.67. The Bertz CT molecular complexity index is 646. The molecule has 0 radical (unpaired) electrons. The van der Waals surface area contributed by atoms with Gasteiger partial charge >= 0.3 is 0 Å². The highest BCUT2D eigenvalue weighted by molar-refractivity contribution is 8.77. The van der Waals surface area contributed by atoms with Gasteiger partial charge in [-0.2, -0.15) is 0 Å². The van der Waals surface area contributed by atoms with E-state index in [1.165, 1.54) is 0 Å². The van der Waals surface area contributed by atoms with Crippen LogP contribution in [-0.4, -0.2) is 76.7 Å². The number of hydrogen-bond acceptors (Lipinski definition) is 7. The molecule has 0 aromatic rings. The molecule has 0 aromatic heterocycles. The summed E-state index contributed by atoms with van der Waals surface area (Å²) in [6.07, 6.45) is 0.344. The second kappa shape index (κ2) is 18.1. The number of hydrogen-bond donors (Lipinski definition) is 3. The number of carbonyl (C=O) groups is 1. The van der Waals surface area contributed by atoms with Gasteiger partial charge in [0.15, 0.2) is 0 Å². The lowest BCUT2D eigenvalue weighted by Gasteiger charge is -2.51.